The quantitative estimate of drug-likeness (QED) is 0.704. The van der Waals surface area contributed by atoms with Crippen LogP contribution in [-0.4, -0.2) is 43.6 Å². The third-order valence-electron chi connectivity index (χ3n) is 4.13. The molecule has 1 aromatic rings. The topological polar surface area (TPSA) is 117 Å². The van der Waals surface area contributed by atoms with E-state index in [0.717, 1.165) is 0 Å². The van der Waals surface area contributed by atoms with Gasteiger partial charge in [-0.05, 0) is 19.9 Å². The van der Waals surface area contributed by atoms with Gasteiger partial charge < -0.3 is 20.8 Å². The number of hydrogen-bond donors (Lipinski definition) is 3. The maximum atomic E-state index is 12.3. The molecule has 122 valence electrons. The second-order valence-electron chi connectivity index (χ2n) is 6.20. The molecule has 0 saturated carbocycles. The monoisotopic (exact) mass is 335 g/mol. The van der Waals surface area contributed by atoms with Gasteiger partial charge in [0.1, 0.15) is 5.70 Å². The normalized spacial score (nSPS) is 23.8. The highest BCUT2D eigenvalue weighted by Gasteiger charge is 2.59. The van der Waals surface area contributed by atoms with Crippen LogP contribution in [0.25, 0.3) is 0 Å². The minimum absolute atomic E-state index is 0.0123. The van der Waals surface area contributed by atoms with Crippen LogP contribution in [0, 0.1) is 5.92 Å². The number of aliphatic carboxylic acids is 1. The lowest BCUT2D eigenvalue weighted by atomic mass is 9.76. The Balaban J connectivity index is 1.93. The van der Waals surface area contributed by atoms with Gasteiger partial charge in [-0.3, -0.25) is 9.78 Å². The number of fused-ring (bicyclic) bond motifs is 1. The van der Waals surface area contributed by atoms with Crippen molar-refractivity contribution in [2.24, 2.45) is 5.92 Å². The summed E-state index contributed by atoms with van der Waals surface area (Å²) in [6.07, 6.45) is 3.47. The van der Waals surface area contributed by atoms with E-state index in [1.165, 1.54) is 22.9 Å². The molecule has 0 spiro atoms. The molecule has 0 aliphatic carbocycles. The first-order valence-corrected chi connectivity index (χ1v) is 7.92. The Morgan fingerprint density at radius 1 is 1.52 bits per heavy atom. The zero-order valence-electron chi connectivity index (χ0n) is 12.7. The second-order valence-corrected chi connectivity index (χ2v) is 7.34. The minimum Gasteiger partial charge on any atom is -0.477 e. The van der Waals surface area contributed by atoms with Crippen LogP contribution >= 0.6 is 11.8 Å². The summed E-state index contributed by atoms with van der Waals surface area (Å²) in [5.41, 5.74) is 5.11. The van der Waals surface area contributed by atoms with E-state index in [1.807, 2.05) is 0 Å². The number of rotatable bonds is 4. The van der Waals surface area contributed by atoms with Crippen LogP contribution in [0.4, 0.5) is 5.69 Å². The van der Waals surface area contributed by atoms with E-state index in [9.17, 15) is 19.8 Å². The number of nitrogens with zero attached hydrogens (tertiary/aromatic N) is 2. The molecule has 1 saturated heterocycles. The van der Waals surface area contributed by atoms with Gasteiger partial charge >= 0.3 is 5.97 Å². The highest BCUT2D eigenvalue weighted by atomic mass is 32.2. The SMILES string of the molecule is CC(C)(O)[C@@H]1C(=O)N2C(C(=O)O)=C(Sc3ccncc3N)C[C@H]12. The molecule has 1 aromatic heterocycles. The van der Waals surface area contributed by atoms with Gasteiger partial charge in [0.25, 0.3) is 0 Å². The van der Waals surface area contributed by atoms with E-state index in [-0.39, 0.29) is 17.6 Å². The molecule has 8 heteroatoms. The Labute approximate surface area is 137 Å². The molecular weight excluding hydrogens is 318 g/mol. The molecule has 4 N–H and O–H groups in total. The van der Waals surface area contributed by atoms with Crippen molar-refractivity contribution >= 4 is 29.3 Å². The number of hydrogen-bond acceptors (Lipinski definition) is 6. The van der Waals surface area contributed by atoms with Crippen molar-refractivity contribution in [1.82, 2.24) is 9.88 Å². The lowest BCUT2D eigenvalue weighted by Gasteiger charge is -2.48. The molecule has 3 heterocycles. The molecular formula is C15H17N3O4S. The molecule has 3 rings (SSSR count). The van der Waals surface area contributed by atoms with Gasteiger partial charge in [0.05, 0.1) is 29.4 Å². The average molecular weight is 335 g/mol. The third kappa shape index (κ3) is 2.47. The minimum atomic E-state index is -1.18. The Bertz CT molecular complexity index is 726. The van der Waals surface area contributed by atoms with E-state index in [0.29, 0.717) is 21.9 Å². The smallest absolute Gasteiger partial charge is 0.353 e. The van der Waals surface area contributed by atoms with Crippen molar-refractivity contribution in [3.63, 3.8) is 0 Å². The van der Waals surface area contributed by atoms with Crippen LogP contribution in [0.3, 0.4) is 0 Å². The van der Waals surface area contributed by atoms with Gasteiger partial charge in [0, 0.05) is 22.4 Å². The molecule has 1 fully saturated rings. The van der Waals surface area contributed by atoms with E-state index >= 15 is 0 Å². The number of carboxylic acids is 1. The van der Waals surface area contributed by atoms with Gasteiger partial charge in [-0.25, -0.2) is 4.79 Å². The van der Waals surface area contributed by atoms with Crippen LogP contribution in [0.2, 0.25) is 0 Å². The summed E-state index contributed by atoms with van der Waals surface area (Å²) < 4.78 is 0. The zero-order chi connectivity index (χ0) is 16.9. The van der Waals surface area contributed by atoms with Crippen molar-refractivity contribution in [3.05, 3.63) is 29.1 Å². The predicted molar refractivity (Wildman–Crippen MR) is 84.2 cm³/mol. The van der Waals surface area contributed by atoms with E-state index < -0.39 is 17.5 Å². The standard InChI is InChI=1S/C15H17N3O4S/c1-15(2,22)11-8-5-10(12(14(20)21)18(8)13(11)19)23-9-3-4-17-6-7(9)16/h3-4,6,8,11,22H,5,16H2,1-2H3,(H,20,21)/t8-,11+/m1/s1. The molecule has 0 aromatic carbocycles. The van der Waals surface area contributed by atoms with Crippen molar-refractivity contribution in [2.75, 3.05) is 5.73 Å². The summed E-state index contributed by atoms with van der Waals surface area (Å²) >= 11 is 1.23. The fourth-order valence-corrected chi connectivity index (χ4v) is 4.26. The summed E-state index contributed by atoms with van der Waals surface area (Å²) in [6.45, 7) is 3.14. The summed E-state index contributed by atoms with van der Waals surface area (Å²) in [6, 6.07) is 1.39. The highest BCUT2D eigenvalue weighted by Crippen LogP contribution is 2.50. The fraction of sp³-hybridized carbons (Fsp3) is 0.400. The largest absolute Gasteiger partial charge is 0.477 e. The number of nitrogen functional groups attached to an aromatic ring is 1. The van der Waals surface area contributed by atoms with Crippen LogP contribution in [0.1, 0.15) is 20.3 Å². The number of amides is 1. The van der Waals surface area contributed by atoms with Crippen LogP contribution < -0.4 is 5.73 Å². The molecule has 1 amide bonds. The molecule has 2 aliphatic heterocycles. The summed E-state index contributed by atoms with van der Waals surface area (Å²) in [4.78, 5) is 30.4. The van der Waals surface area contributed by atoms with Gasteiger partial charge in [-0.1, -0.05) is 11.8 Å². The molecule has 2 aliphatic rings. The number of carboxylic acid groups (broad SMARTS) is 1. The number of nitrogens with two attached hydrogens (primary N) is 1. The number of aliphatic hydroxyl groups is 1. The first kappa shape index (κ1) is 15.8. The lowest BCUT2D eigenvalue weighted by Crippen LogP contribution is -2.65. The number of carbonyl (C=O) groups excluding carboxylic acids is 1. The maximum Gasteiger partial charge on any atom is 0.353 e. The number of anilines is 1. The van der Waals surface area contributed by atoms with Gasteiger partial charge in [0.15, 0.2) is 0 Å². The number of carbonyl (C=O) groups is 2. The Kier molecular flexibility index (Phi) is 3.61. The Hall–Kier alpha value is -2.06. The number of β-lactam (4-membered cyclic amide) rings is 1. The van der Waals surface area contributed by atoms with E-state index in [2.05, 4.69) is 4.98 Å². The van der Waals surface area contributed by atoms with Crippen molar-refractivity contribution in [1.29, 1.82) is 0 Å². The summed E-state index contributed by atoms with van der Waals surface area (Å²) in [5, 5.41) is 19.6. The molecule has 7 nitrogen and oxygen atoms in total. The predicted octanol–water partition coefficient (Wildman–Crippen LogP) is 1.05. The third-order valence-corrected chi connectivity index (χ3v) is 5.32. The Morgan fingerprint density at radius 3 is 2.78 bits per heavy atom. The maximum absolute atomic E-state index is 12.3. The number of thioether (sulfide) groups is 1. The fourth-order valence-electron chi connectivity index (χ4n) is 3.16. The van der Waals surface area contributed by atoms with Crippen LogP contribution in [0.5, 0.6) is 0 Å². The zero-order valence-corrected chi connectivity index (χ0v) is 13.5. The molecule has 0 radical (unpaired) electrons. The van der Waals surface area contributed by atoms with Gasteiger partial charge in [0.2, 0.25) is 5.91 Å². The average Bonchev–Trinajstić information content (AvgIpc) is 2.74. The molecule has 2 atom stereocenters. The Morgan fingerprint density at radius 2 is 2.22 bits per heavy atom. The van der Waals surface area contributed by atoms with E-state index in [4.69, 9.17) is 5.73 Å². The van der Waals surface area contributed by atoms with Crippen LogP contribution in [0.15, 0.2) is 34.0 Å². The van der Waals surface area contributed by atoms with E-state index in [1.54, 1.807) is 26.1 Å². The molecule has 0 unspecified atom stereocenters. The number of pyridine rings is 1. The van der Waals surface area contributed by atoms with Gasteiger partial charge in [-0.15, -0.1) is 0 Å². The molecule has 0 bridgehead atoms. The lowest BCUT2D eigenvalue weighted by molar-refractivity contribution is -0.169. The van der Waals surface area contributed by atoms with Crippen molar-refractivity contribution in [3.8, 4) is 0 Å². The number of aromatic nitrogens is 1. The first-order chi connectivity index (χ1) is 10.7. The van der Waals surface area contributed by atoms with Crippen molar-refractivity contribution < 1.29 is 19.8 Å². The van der Waals surface area contributed by atoms with Crippen molar-refractivity contribution in [2.45, 2.75) is 36.8 Å². The van der Waals surface area contributed by atoms with Gasteiger partial charge in [-0.2, -0.15) is 0 Å². The summed E-state index contributed by atoms with van der Waals surface area (Å²) in [7, 11) is 0. The van der Waals surface area contributed by atoms with Crippen LogP contribution in [-0.2, 0) is 9.59 Å². The molecule has 23 heavy (non-hydrogen) atoms. The second kappa shape index (κ2) is 5.24. The first-order valence-electron chi connectivity index (χ1n) is 7.11. The highest BCUT2D eigenvalue weighted by molar-refractivity contribution is 8.03. The summed E-state index contributed by atoms with van der Waals surface area (Å²) in [5.74, 6) is -2.09.